The van der Waals surface area contributed by atoms with Crippen molar-refractivity contribution in [2.75, 3.05) is 0 Å². The minimum Gasteiger partial charge on any atom is -0.424 e. The third-order valence-electron chi connectivity index (χ3n) is 0.168. The molecule has 0 rings (SSSR count). The molecule has 0 saturated carbocycles. The first kappa shape index (κ1) is 5.14. The maximum Gasteiger partial charge on any atom is 0.422 e. The largest absolute Gasteiger partial charge is 0.424 e. The molecule has 0 aliphatic heterocycles. The highest BCUT2D eigenvalue weighted by Gasteiger charge is 1.64. The Hall–Kier alpha value is -0.860. The quantitative estimate of drug-likeness (QED) is 0.461. The summed E-state index contributed by atoms with van der Waals surface area (Å²) in [5.74, 6) is 0. The highest BCUT2D eigenvalue weighted by molar-refractivity contribution is 5.39. The van der Waals surface area contributed by atoms with Gasteiger partial charge in [0.15, 0.2) is 0 Å². The first-order valence-electron chi connectivity index (χ1n) is 1.20. The smallest absolute Gasteiger partial charge is 0.422 e. The summed E-state index contributed by atoms with van der Waals surface area (Å²) in [6.45, 7) is 0.992. The van der Waals surface area contributed by atoms with E-state index in [-0.39, 0.29) is 6.33 Å². The average molecular weight is 89.0 g/mol. The molecule has 0 heterocycles. The highest BCUT2D eigenvalue weighted by Crippen LogP contribution is 1.69. The summed E-state index contributed by atoms with van der Waals surface area (Å²) in [6.07, 6.45) is 0.692. The summed E-state index contributed by atoms with van der Waals surface area (Å²) in [5, 5.41) is 0. The zero-order valence-corrected chi connectivity index (χ0v) is 2.85. The van der Waals surface area contributed by atoms with E-state index in [9.17, 15) is 4.39 Å². The van der Waals surface area contributed by atoms with Gasteiger partial charge in [-0.25, -0.2) is 9.18 Å². The first-order chi connectivity index (χ1) is 2.91. The fraction of sp³-hybridized carbons (Fsp3) is 0. The molecule has 0 atom stereocenters. The van der Waals surface area contributed by atoms with E-state index in [1.54, 1.807) is 0 Å². The van der Waals surface area contributed by atoms with E-state index in [4.69, 9.17) is 4.79 Å². The zero-order chi connectivity index (χ0) is 4.83. The second kappa shape index (κ2) is 4.14. The maximum absolute atomic E-state index is 10.7. The van der Waals surface area contributed by atoms with Crippen LogP contribution in [0, 0.1) is 0 Å². The van der Waals surface area contributed by atoms with Crippen LogP contribution >= 0.6 is 0 Å². The standard InChI is InChI=1S/C3H2FO2/c4-1-2-6-3-5/h1-2H/b2-1+. The summed E-state index contributed by atoms with van der Waals surface area (Å²) in [5.41, 5.74) is 0. The van der Waals surface area contributed by atoms with Crippen LogP contribution in [-0.2, 0) is 9.53 Å². The lowest BCUT2D eigenvalue weighted by Crippen LogP contribution is -1.68. The molecular formula is C3H2FO2. The normalized spacial score (nSPS) is 8.83. The van der Waals surface area contributed by atoms with Gasteiger partial charge in [0.1, 0.15) is 12.6 Å². The summed E-state index contributed by atoms with van der Waals surface area (Å²) in [4.78, 5) is 9.00. The summed E-state index contributed by atoms with van der Waals surface area (Å²) in [6, 6.07) is 0. The van der Waals surface area contributed by atoms with Gasteiger partial charge >= 0.3 is 6.47 Å². The molecule has 0 spiro atoms. The van der Waals surface area contributed by atoms with Crippen molar-refractivity contribution in [1.29, 1.82) is 0 Å². The van der Waals surface area contributed by atoms with Crippen molar-refractivity contribution in [2.24, 2.45) is 0 Å². The molecule has 0 amide bonds. The van der Waals surface area contributed by atoms with Crippen LogP contribution < -0.4 is 0 Å². The molecule has 0 aliphatic rings. The topological polar surface area (TPSA) is 26.3 Å². The molecule has 0 aromatic carbocycles. The van der Waals surface area contributed by atoms with Crippen molar-refractivity contribution in [2.45, 2.75) is 0 Å². The molecule has 0 aromatic rings. The van der Waals surface area contributed by atoms with Crippen LogP contribution in [0.3, 0.4) is 0 Å². The van der Waals surface area contributed by atoms with Crippen LogP contribution in [0.15, 0.2) is 12.6 Å². The van der Waals surface area contributed by atoms with Crippen LogP contribution in [0.1, 0.15) is 0 Å². The van der Waals surface area contributed by atoms with Gasteiger partial charge in [0.05, 0.1) is 0 Å². The molecular weight excluding hydrogens is 87.0 g/mol. The fourth-order valence-electron chi connectivity index (χ4n) is 0.0535. The molecule has 0 fully saturated rings. The molecule has 3 heteroatoms. The van der Waals surface area contributed by atoms with Crippen molar-refractivity contribution in [3.63, 3.8) is 0 Å². The summed E-state index contributed by atoms with van der Waals surface area (Å²) < 4.78 is 14.3. The molecule has 0 saturated heterocycles. The Balaban J connectivity index is 2.85. The Morgan fingerprint density at radius 2 is 2.50 bits per heavy atom. The number of hydrogen-bond acceptors (Lipinski definition) is 2. The number of ether oxygens (including phenoxy) is 1. The third kappa shape index (κ3) is 3.14. The van der Waals surface area contributed by atoms with E-state index in [1.165, 1.54) is 0 Å². The Bertz CT molecular complexity index is 59.8. The Morgan fingerprint density at radius 3 is 2.67 bits per heavy atom. The monoisotopic (exact) mass is 89.0 g/mol. The number of rotatable bonds is 2. The van der Waals surface area contributed by atoms with Crippen LogP contribution in [0.2, 0.25) is 0 Å². The van der Waals surface area contributed by atoms with Gasteiger partial charge in [0.25, 0.3) is 0 Å². The van der Waals surface area contributed by atoms with Gasteiger partial charge in [0, 0.05) is 0 Å². The molecule has 0 bridgehead atoms. The Labute approximate surface area is 34.2 Å². The lowest BCUT2D eigenvalue weighted by atomic mass is 11.1. The SMILES string of the molecule is O=[C]O/C=C/F. The number of halogens is 1. The molecule has 0 aromatic heterocycles. The van der Waals surface area contributed by atoms with E-state index in [0.29, 0.717) is 6.26 Å². The third-order valence-corrected chi connectivity index (χ3v) is 0.168. The summed E-state index contributed by atoms with van der Waals surface area (Å²) in [7, 11) is 0. The van der Waals surface area contributed by atoms with Crippen LogP contribution in [0.25, 0.3) is 0 Å². The second-order valence-corrected chi connectivity index (χ2v) is 0.463. The van der Waals surface area contributed by atoms with Crippen molar-refractivity contribution >= 4 is 6.47 Å². The lowest BCUT2D eigenvalue weighted by Gasteiger charge is -1.70. The minimum atomic E-state index is 0.102. The van der Waals surface area contributed by atoms with Crippen molar-refractivity contribution in [3.8, 4) is 0 Å². The maximum atomic E-state index is 10.7. The van der Waals surface area contributed by atoms with Crippen molar-refractivity contribution < 1.29 is 13.9 Å². The van der Waals surface area contributed by atoms with Crippen LogP contribution in [0.4, 0.5) is 4.39 Å². The lowest BCUT2D eigenvalue weighted by molar-refractivity contribution is 0.391. The van der Waals surface area contributed by atoms with Gasteiger partial charge in [-0.1, -0.05) is 0 Å². The zero-order valence-electron chi connectivity index (χ0n) is 2.85. The van der Waals surface area contributed by atoms with Gasteiger partial charge in [-0.3, -0.25) is 0 Å². The van der Waals surface area contributed by atoms with E-state index < -0.39 is 0 Å². The molecule has 0 aliphatic carbocycles. The predicted octanol–water partition coefficient (Wildman–Crippen LogP) is 0.511. The van der Waals surface area contributed by atoms with E-state index in [2.05, 4.69) is 4.74 Å². The van der Waals surface area contributed by atoms with E-state index in [0.717, 1.165) is 6.47 Å². The van der Waals surface area contributed by atoms with Gasteiger partial charge in [0.2, 0.25) is 0 Å². The summed E-state index contributed by atoms with van der Waals surface area (Å²) >= 11 is 0. The van der Waals surface area contributed by atoms with Gasteiger partial charge in [-0.2, -0.15) is 0 Å². The van der Waals surface area contributed by atoms with Crippen LogP contribution in [-0.4, -0.2) is 6.47 Å². The average Bonchev–Trinajstić information content (AvgIpc) is 1.61. The minimum absolute atomic E-state index is 0.102. The number of hydrogen-bond donors (Lipinski definition) is 0. The van der Waals surface area contributed by atoms with E-state index >= 15 is 0 Å². The fourth-order valence-corrected chi connectivity index (χ4v) is 0.0535. The highest BCUT2D eigenvalue weighted by atomic mass is 19.1. The van der Waals surface area contributed by atoms with Gasteiger partial charge in [-0.05, 0) is 0 Å². The number of carbonyl (C=O) groups excluding carboxylic acids is 1. The molecule has 1 radical (unpaired) electrons. The van der Waals surface area contributed by atoms with Crippen molar-refractivity contribution in [3.05, 3.63) is 12.6 Å². The molecule has 0 N–H and O–H groups in total. The second-order valence-electron chi connectivity index (χ2n) is 0.463. The Morgan fingerprint density at radius 1 is 1.83 bits per heavy atom. The van der Waals surface area contributed by atoms with Gasteiger partial charge < -0.3 is 4.74 Å². The van der Waals surface area contributed by atoms with E-state index in [1.807, 2.05) is 0 Å². The molecule has 0 unspecified atom stereocenters. The molecule has 33 valence electrons. The molecule has 6 heavy (non-hydrogen) atoms. The van der Waals surface area contributed by atoms with Gasteiger partial charge in [-0.15, -0.1) is 0 Å². The first-order valence-corrected chi connectivity index (χ1v) is 1.20. The van der Waals surface area contributed by atoms with Crippen molar-refractivity contribution in [1.82, 2.24) is 0 Å². The van der Waals surface area contributed by atoms with Crippen LogP contribution in [0.5, 0.6) is 0 Å². The Kier molecular flexibility index (Phi) is 3.55. The molecule has 2 nitrogen and oxygen atoms in total. The predicted molar refractivity (Wildman–Crippen MR) is 17.0 cm³/mol.